The van der Waals surface area contributed by atoms with Gasteiger partial charge in [0.2, 0.25) is 0 Å². The normalized spacial score (nSPS) is 10.8. The van der Waals surface area contributed by atoms with Gasteiger partial charge in [-0.1, -0.05) is 40.2 Å². The number of rotatable bonds is 7. The number of hydrogen-bond donors (Lipinski definition) is 1. The molecule has 0 spiro atoms. The molecule has 2 nitrogen and oxygen atoms in total. The van der Waals surface area contributed by atoms with Gasteiger partial charge < -0.3 is 10.1 Å². The van der Waals surface area contributed by atoms with Gasteiger partial charge in [0, 0.05) is 24.2 Å². The molecule has 4 heteroatoms. The van der Waals surface area contributed by atoms with Crippen molar-refractivity contribution in [2.45, 2.75) is 26.6 Å². The predicted molar refractivity (Wildman–Crippen MR) is 86.4 cm³/mol. The van der Waals surface area contributed by atoms with Crippen molar-refractivity contribution in [3.8, 4) is 0 Å². The van der Waals surface area contributed by atoms with Crippen molar-refractivity contribution >= 4 is 15.9 Å². The number of ether oxygens (including phenoxy) is 1. The third-order valence-corrected chi connectivity index (χ3v) is 3.60. The fourth-order valence-corrected chi connectivity index (χ4v) is 2.65. The molecule has 0 unspecified atom stereocenters. The molecular formula is C17H19BrFNO. The molecule has 112 valence electrons. The third kappa shape index (κ3) is 5.23. The number of halogens is 2. The van der Waals surface area contributed by atoms with Gasteiger partial charge >= 0.3 is 0 Å². The number of nitrogens with one attached hydrogen (secondary N) is 1. The van der Waals surface area contributed by atoms with Crippen LogP contribution in [0.3, 0.4) is 0 Å². The van der Waals surface area contributed by atoms with Gasteiger partial charge in [-0.3, -0.25) is 0 Å². The molecule has 0 aromatic heterocycles. The number of hydrogen-bond acceptors (Lipinski definition) is 2. The van der Waals surface area contributed by atoms with Crippen LogP contribution in [0, 0.1) is 5.82 Å². The van der Waals surface area contributed by atoms with Gasteiger partial charge in [0.15, 0.2) is 0 Å². The maximum atomic E-state index is 13.3. The van der Waals surface area contributed by atoms with E-state index in [4.69, 9.17) is 4.74 Å². The third-order valence-electron chi connectivity index (χ3n) is 3.15. The molecule has 1 N–H and O–H groups in total. The quantitative estimate of drug-likeness (QED) is 0.797. The SMILES string of the molecule is CCOCc1ccccc1CNCc1cc(F)cc(Br)c1. The summed E-state index contributed by atoms with van der Waals surface area (Å²) in [7, 11) is 0. The minimum atomic E-state index is -0.224. The highest BCUT2D eigenvalue weighted by Gasteiger charge is 2.03. The molecular weight excluding hydrogens is 333 g/mol. The van der Waals surface area contributed by atoms with Crippen LogP contribution >= 0.6 is 15.9 Å². The molecule has 0 aliphatic rings. The first-order chi connectivity index (χ1) is 10.2. The lowest BCUT2D eigenvalue weighted by atomic mass is 10.1. The fourth-order valence-electron chi connectivity index (χ4n) is 2.14. The van der Waals surface area contributed by atoms with Crippen molar-refractivity contribution in [3.63, 3.8) is 0 Å². The molecule has 0 fully saturated rings. The Morgan fingerprint density at radius 1 is 1.10 bits per heavy atom. The van der Waals surface area contributed by atoms with E-state index in [2.05, 4.69) is 33.4 Å². The van der Waals surface area contributed by atoms with Gasteiger partial charge in [-0.2, -0.15) is 0 Å². The summed E-state index contributed by atoms with van der Waals surface area (Å²) < 4.78 is 19.5. The van der Waals surface area contributed by atoms with Crippen LogP contribution in [0.15, 0.2) is 46.9 Å². The smallest absolute Gasteiger partial charge is 0.124 e. The van der Waals surface area contributed by atoms with Crippen molar-refractivity contribution in [1.29, 1.82) is 0 Å². The molecule has 0 heterocycles. The maximum absolute atomic E-state index is 13.3. The Kier molecular flexibility index (Phi) is 6.36. The standard InChI is InChI=1S/C17H19BrFNO/c1-2-21-12-15-6-4-3-5-14(15)11-20-10-13-7-16(18)9-17(19)8-13/h3-9,20H,2,10-12H2,1H3. The Hall–Kier alpha value is -1.23. The van der Waals surface area contributed by atoms with Gasteiger partial charge in [-0.25, -0.2) is 4.39 Å². The van der Waals surface area contributed by atoms with E-state index < -0.39 is 0 Å². The maximum Gasteiger partial charge on any atom is 0.124 e. The molecule has 21 heavy (non-hydrogen) atoms. The van der Waals surface area contributed by atoms with E-state index in [1.165, 1.54) is 17.2 Å². The van der Waals surface area contributed by atoms with Gasteiger partial charge in [-0.15, -0.1) is 0 Å². The summed E-state index contributed by atoms with van der Waals surface area (Å²) in [6, 6.07) is 13.1. The molecule has 0 amide bonds. The van der Waals surface area contributed by atoms with Crippen molar-refractivity contribution in [1.82, 2.24) is 5.32 Å². The average molecular weight is 352 g/mol. The molecule has 2 rings (SSSR count). The van der Waals surface area contributed by atoms with Crippen molar-refractivity contribution in [3.05, 3.63) is 69.4 Å². The highest BCUT2D eigenvalue weighted by Crippen LogP contribution is 2.15. The summed E-state index contributed by atoms with van der Waals surface area (Å²) in [5.41, 5.74) is 3.32. The second-order valence-electron chi connectivity index (χ2n) is 4.79. The van der Waals surface area contributed by atoms with E-state index in [0.717, 1.165) is 16.6 Å². The van der Waals surface area contributed by atoms with Gasteiger partial charge in [0.1, 0.15) is 5.82 Å². The highest BCUT2D eigenvalue weighted by molar-refractivity contribution is 9.10. The monoisotopic (exact) mass is 351 g/mol. The average Bonchev–Trinajstić information content (AvgIpc) is 2.45. The predicted octanol–water partition coefficient (Wildman–Crippen LogP) is 4.41. The van der Waals surface area contributed by atoms with Crippen LogP contribution in [0.1, 0.15) is 23.6 Å². The summed E-state index contributed by atoms with van der Waals surface area (Å²) >= 11 is 3.31. The molecule has 2 aromatic rings. The second kappa shape index (κ2) is 8.27. The summed E-state index contributed by atoms with van der Waals surface area (Å²) in [4.78, 5) is 0. The molecule has 0 aliphatic heterocycles. The first-order valence-corrected chi connectivity index (χ1v) is 7.78. The number of benzene rings is 2. The molecule has 0 aliphatic carbocycles. The van der Waals surface area contributed by atoms with Crippen molar-refractivity contribution < 1.29 is 9.13 Å². The fraction of sp³-hybridized carbons (Fsp3) is 0.294. The molecule has 0 atom stereocenters. The van der Waals surface area contributed by atoms with Crippen LogP contribution in [-0.2, 0) is 24.4 Å². The minimum Gasteiger partial charge on any atom is -0.377 e. The Bertz CT molecular complexity index is 569. The lowest BCUT2D eigenvalue weighted by molar-refractivity contribution is 0.133. The van der Waals surface area contributed by atoms with Gasteiger partial charge in [0.05, 0.1) is 6.61 Å². The zero-order valence-corrected chi connectivity index (χ0v) is 13.6. The van der Waals surface area contributed by atoms with Crippen molar-refractivity contribution in [2.24, 2.45) is 0 Å². The van der Waals surface area contributed by atoms with E-state index in [1.54, 1.807) is 6.07 Å². The Labute approximate surface area is 133 Å². The summed E-state index contributed by atoms with van der Waals surface area (Å²) in [5.74, 6) is -0.224. The Balaban J connectivity index is 1.94. The first-order valence-electron chi connectivity index (χ1n) is 6.99. The zero-order valence-electron chi connectivity index (χ0n) is 12.0. The van der Waals surface area contributed by atoms with Crippen LogP contribution in [-0.4, -0.2) is 6.61 Å². The molecule has 2 aromatic carbocycles. The van der Waals surface area contributed by atoms with Gasteiger partial charge in [0.25, 0.3) is 0 Å². The van der Waals surface area contributed by atoms with E-state index in [0.29, 0.717) is 19.8 Å². The van der Waals surface area contributed by atoms with Crippen molar-refractivity contribution in [2.75, 3.05) is 6.61 Å². The molecule has 0 saturated heterocycles. The van der Waals surface area contributed by atoms with Crippen LogP contribution in [0.4, 0.5) is 4.39 Å². The van der Waals surface area contributed by atoms with E-state index in [-0.39, 0.29) is 5.82 Å². The first kappa shape index (κ1) is 16.1. The lowest BCUT2D eigenvalue weighted by Crippen LogP contribution is -2.14. The Morgan fingerprint density at radius 3 is 2.57 bits per heavy atom. The zero-order chi connectivity index (χ0) is 15.1. The van der Waals surface area contributed by atoms with Gasteiger partial charge in [-0.05, 0) is 41.8 Å². The summed E-state index contributed by atoms with van der Waals surface area (Å²) in [5, 5.41) is 3.35. The molecule has 0 bridgehead atoms. The summed E-state index contributed by atoms with van der Waals surface area (Å²) in [6.07, 6.45) is 0. The van der Waals surface area contributed by atoms with E-state index in [1.807, 2.05) is 25.1 Å². The van der Waals surface area contributed by atoms with E-state index in [9.17, 15) is 4.39 Å². The van der Waals surface area contributed by atoms with E-state index >= 15 is 0 Å². The molecule has 0 radical (unpaired) electrons. The largest absolute Gasteiger partial charge is 0.377 e. The van der Waals surface area contributed by atoms with Crippen LogP contribution in [0.2, 0.25) is 0 Å². The topological polar surface area (TPSA) is 21.3 Å². The van der Waals surface area contributed by atoms with Crippen LogP contribution in [0.25, 0.3) is 0 Å². The Morgan fingerprint density at radius 2 is 1.86 bits per heavy atom. The highest BCUT2D eigenvalue weighted by atomic mass is 79.9. The van der Waals surface area contributed by atoms with Crippen LogP contribution < -0.4 is 5.32 Å². The second-order valence-corrected chi connectivity index (χ2v) is 5.70. The minimum absolute atomic E-state index is 0.224. The lowest BCUT2D eigenvalue weighted by Gasteiger charge is -2.11. The summed E-state index contributed by atoms with van der Waals surface area (Å²) in [6.45, 7) is 4.68. The van der Waals surface area contributed by atoms with Crippen LogP contribution in [0.5, 0.6) is 0 Å². The molecule has 0 saturated carbocycles.